The van der Waals surface area contributed by atoms with Crippen LogP contribution < -0.4 is 5.32 Å². The summed E-state index contributed by atoms with van der Waals surface area (Å²) in [5, 5.41) is 15.6. The van der Waals surface area contributed by atoms with Crippen LogP contribution in [0.5, 0.6) is 0 Å². The van der Waals surface area contributed by atoms with Crippen LogP contribution in [-0.4, -0.2) is 57.5 Å². The number of amides is 1. The molecule has 3 heterocycles. The van der Waals surface area contributed by atoms with Gasteiger partial charge in [-0.2, -0.15) is 11.3 Å². The van der Waals surface area contributed by atoms with E-state index in [0.717, 1.165) is 19.4 Å². The Morgan fingerprint density at radius 2 is 2.07 bits per heavy atom. The van der Waals surface area contributed by atoms with E-state index in [1.165, 1.54) is 38.4 Å². The second-order valence-corrected chi connectivity index (χ2v) is 9.02. The van der Waals surface area contributed by atoms with Crippen LogP contribution in [0, 0.1) is 0 Å². The zero-order valence-corrected chi connectivity index (χ0v) is 18.1. The van der Waals surface area contributed by atoms with Crippen molar-refractivity contribution in [2.75, 3.05) is 13.7 Å². The average Bonchev–Trinajstić information content (AvgIpc) is 3.47. The quantitative estimate of drug-likeness (QED) is 0.559. The van der Waals surface area contributed by atoms with Crippen LogP contribution in [0.2, 0.25) is 0 Å². The van der Waals surface area contributed by atoms with Gasteiger partial charge < -0.3 is 10.1 Å². The van der Waals surface area contributed by atoms with Crippen LogP contribution in [-0.2, 0) is 16.1 Å². The van der Waals surface area contributed by atoms with E-state index in [9.17, 15) is 9.59 Å². The van der Waals surface area contributed by atoms with E-state index >= 15 is 0 Å². The van der Waals surface area contributed by atoms with Gasteiger partial charge in [0.15, 0.2) is 5.69 Å². The number of rotatable bonds is 6. The van der Waals surface area contributed by atoms with E-state index in [1.807, 2.05) is 0 Å². The number of carbonyl (C=O) groups excluding carboxylic acids is 2. The van der Waals surface area contributed by atoms with Gasteiger partial charge in [0.2, 0.25) is 5.91 Å². The predicted octanol–water partition coefficient (Wildman–Crippen LogP) is 2.78. The van der Waals surface area contributed by atoms with Crippen LogP contribution >= 0.6 is 11.3 Å². The number of likely N-dealkylation sites (tertiary alicyclic amines) is 1. The largest absolute Gasteiger partial charge is 0.464 e. The van der Waals surface area contributed by atoms with Crippen molar-refractivity contribution >= 4 is 23.2 Å². The monoisotopic (exact) mass is 431 g/mol. The van der Waals surface area contributed by atoms with Gasteiger partial charge in [-0.1, -0.05) is 30.9 Å². The molecule has 0 unspecified atom stereocenters. The van der Waals surface area contributed by atoms with Gasteiger partial charge in [0.25, 0.3) is 0 Å². The molecule has 0 aromatic carbocycles. The Hall–Kier alpha value is -2.26. The third-order valence-corrected chi connectivity index (χ3v) is 6.86. The van der Waals surface area contributed by atoms with Crippen molar-refractivity contribution in [1.29, 1.82) is 0 Å². The van der Waals surface area contributed by atoms with Crippen molar-refractivity contribution in [3.05, 3.63) is 34.3 Å². The van der Waals surface area contributed by atoms with E-state index < -0.39 is 5.97 Å². The highest BCUT2D eigenvalue weighted by Gasteiger charge is 2.39. The first kappa shape index (κ1) is 21.0. The second kappa shape index (κ2) is 9.70. The van der Waals surface area contributed by atoms with Gasteiger partial charge in [-0.25, -0.2) is 9.48 Å². The molecular formula is C21H29N5O3S. The molecule has 2 fully saturated rings. The molecule has 0 spiro atoms. The van der Waals surface area contributed by atoms with E-state index in [2.05, 4.69) is 37.4 Å². The third kappa shape index (κ3) is 4.89. The van der Waals surface area contributed by atoms with Gasteiger partial charge in [0, 0.05) is 19.1 Å². The van der Waals surface area contributed by atoms with Crippen LogP contribution in [0.4, 0.5) is 0 Å². The van der Waals surface area contributed by atoms with Crippen LogP contribution in [0.3, 0.4) is 0 Å². The van der Waals surface area contributed by atoms with Crippen molar-refractivity contribution in [3.63, 3.8) is 0 Å². The van der Waals surface area contributed by atoms with Crippen molar-refractivity contribution in [2.45, 2.75) is 69.6 Å². The van der Waals surface area contributed by atoms with E-state index in [4.69, 9.17) is 4.74 Å². The molecule has 1 saturated heterocycles. The topological polar surface area (TPSA) is 89.4 Å². The molecule has 1 N–H and O–H groups in total. The molecule has 1 aliphatic carbocycles. The minimum absolute atomic E-state index is 0.0144. The summed E-state index contributed by atoms with van der Waals surface area (Å²) in [6.45, 7) is 1.41. The van der Waals surface area contributed by atoms with E-state index in [1.54, 1.807) is 22.2 Å². The lowest BCUT2D eigenvalue weighted by atomic mass is 10.1. The first-order valence-electron chi connectivity index (χ1n) is 10.7. The fourth-order valence-corrected chi connectivity index (χ4v) is 5.17. The molecule has 30 heavy (non-hydrogen) atoms. The summed E-state index contributed by atoms with van der Waals surface area (Å²) in [6, 6.07) is 2.14. The number of thiophene rings is 1. The Kier molecular flexibility index (Phi) is 6.79. The molecule has 8 nitrogen and oxygen atoms in total. The van der Waals surface area contributed by atoms with E-state index in [-0.39, 0.29) is 29.7 Å². The van der Waals surface area contributed by atoms with Gasteiger partial charge in [-0.05, 0) is 41.7 Å². The number of aromatic nitrogens is 3. The highest BCUT2D eigenvalue weighted by Crippen LogP contribution is 2.30. The first-order chi connectivity index (χ1) is 14.6. The minimum atomic E-state index is -0.503. The zero-order chi connectivity index (χ0) is 20.9. The van der Waals surface area contributed by atoms with Crippen LogP contribution in [0.25, 0.3) is 0 Å². The number of hydrogen-bond donors (Lipinski definition) is 1. The molecule has 0 radical (unpaired) electrons. The van der Waals surface area contributed by atoms with Crippen molar-refractivity contribution in [3.8, 4) is 0 Å². The molecule has 2 atom stereocenters. The normalized spacial score (nSPS) is 23.2. The first-order valence-corrected chi connectivity index (χ1v) is 11.6. The molecule has 1 aliphatic heterocycles. The van der Waals surface area contributed by atoms with Crippen molar-refractivity contribution in [2.24, 2.45) is 0 Å². The summed E-state index contributed by atoms with van der Waals surface area (Å²) in [7, 11) is 1.33. The maximum Gasteiger partial charge on any atom is 0.360 e. The molecule has 9 heteroatoms. The highest BCUT2D eigenvalue weighted by atomic mass is 32.1. The maximum absolute atomic E-state index is 13.2. The number of nitrogens with zero attached hydrogens (tertiary/aromatic N) is 4. The summed E-state index contributed by atoms with van der Waals surface area (Å²) in [5.41, 5.74) is 1.40. The maximum atomic E-state index is 13.2. The van der Waals surface area contributed by atoms with Gasteiger partial charge >= 0.3 is 5.97 Å². The van der Waals surface area contributed by atoms with Gasteiger partial charge in [-0.15, -0.1) is 5.10 Å². The van der Waals surface area contributed by atoms with Crippen molar-refractivity contribution in [1.82, 2.24) is 25.2 Å². The molecule has 2 aliphatic rings. The number of methoxy groups -OCH3 is 1. The molecule has 2 aromatic heterocycles. The van der Waals surface area contributed by atoms with E-state index in [0.29, 0.717) is 13.0 Å². The predicted molar refractivity (Wildman–Crippen MR) is 113 cm³/mol. The lowest BCUT2D eigenvalue weighted by molar-refractivity contribution is -0.126. The highest BCUT2D eigenvalue weighted by molar-refractivity contribution is 7.07. The molecule has 0 bridgehead atoms. The van der Waals surface area contributed by atoms with Crippen molar-refractivity contribution < 1.29 is 14.3 Å². The SMILES string of the molecule is COC(=O)c1cn([C@@H]2C[C@@H](C(=O)NC3CCCCCC3)N(Cc3ccsc3)C2)nn1. The number of hydrogen-bond acceptors (Lipinski definition) is 7. The number of nitrogens with one attached hydrogen (secondary N) is 1. The molecule has 2 aromatic rings. The summed E-state index contributed by atoms with van der Waals surface area (Å²) < 4.78 is 6.43. The van der Waals surface area contributed by atoms with Gasteiger partial charge in [0.05, 0.1) is 25.4 Å². The molecule has 162 valence electrons. The summed E-state index contributed by atoms with van der Waals surface area (Å²) in [4.78, 5) is 27.2. The molecule has 4 rings (SSSR count). The average molecular weight is 432 g/mol. The number of esters is 1. The Balaban J connectivity index is 1.48. The smallest absolute Gasteiger partial charge is 0.360 e. The van der Waals surface area contributed by atoms with Crippen LogP contribution in [0.1, 0.15) is 67.0 Å². The Morgan fingerprint density at radius 1 is 1.27 bits per heavy atom. The van der Waals surface area contributed by atoms with Gasteiger partial charge in [0.1, 0.15) is 0 Å². The number of carbonyl (C=O) groups is 2. The summed E-state index contributed by atoms with van der Waals surface area (Å²) in [5.74, 6) is -0.398. The Morgan fingerprint density at radius 3 is 2.77 bits per heavy atom. The fraction of sp³-hybridized carbons (Fsp3) is 0.619. The summed E-state index contributed by atoms with van der Waals surface area (Å²) >= 11 is 1.66. The minimum Gasteiger partial charge on any atom is -0.464 e. The Labute approximate surface area is 180 Å². The molecular weight excluding hydrogens is 402 g/mol. The fourth-order valence-electron chi connectivity index (χ4n) is 4.51. The van der Waals surface area contributed by atoms with Crippen LogP contribution in [0.15, 0.2) is 23.0 Å². The molecule has 1 amide bonds. The molecule has 1 saturated carbocycles. The third-order valence-electron chi connectivity index (χ3n) is 6.13. The van der Waals surface area contributed by atoms with Gasteiger partial charge in [-0.3, -0.25) is 9.69 Å². The lowest BCUT2D eigenvalue weighted by Crippen LogP contribution is -2.46. The Bertz CT molecular complexity index is 845. The number of ether oxygens (including phenoxy) is 1. The summed E-state index contributed by atoms with van der Waals surface area (Å²) in [6.07, 6.45) is 9.29. The zero-order valence-electron chi connectivity index (χ0n) is 17.3. The standard InChI is InChI=1S/C21H29N5O3S/c1-29-21(28)18-13-26(24-23-18)17-10-19(25(12-17)11-15-8-9-30-14-15)20(27)22-16-6-4-2-3-5-7-16/h8-9,13-14,16-17,19H,2-7,10-12H2,1H3,(H,22,27)/t17-,19+/m1/s1. The lowest BCUT2D eigenvalue weighted by Gasteiger charge is -2.25. The second-order valence-electron chi connectivity index (χ2n) is 8.24.